The predicted molar refractivity (Wildman–Crippen MR) is 51.5 cm³/mol. The Morgan fingerprint density at radius 1 is 1.00 bits per heavy atom. The molecule has 0 saturated carbocycles. The van der Waals surface area contributed by atoms with E-state index in [0.29, 0.717) is 0 Å². The fourth-order valence-electron chi connectivity index (χ4n) is 0.844. The van der Waals surface area contributed by atoms with E-state index in [1.165, 1.54) is 0 Å². The second-order valence-electron chi connectivity index (χ2n) is 2.98. The molecule has 0 aromatic heterocycles. The van der Waals surface area contributed by atoms with Crippen molar-refractivity contribution in [3.05, 3.63) is 0 Å². The van der Waals surface area contributed by atoms with E-state index in [2.05, 4.69) is 19.6 Å². The van der Waals surface area contributed by atoms with E-state index in [-0.39, 0.29) is 13.3 Å². The van der Waals surface area contributed by atoms with Crippen LogP contribution < -0.4 is 0 Å². The quantitative estimate of drug-likeness (QED) is 0.496. The molecule has 0 unspecified atom stereocenters. The minimum Gasteiger partial charge on any atom is -0.354 e. The first-order chi connectivity index (χ1) is 4.98. The van der Waals surface area contributed by atoms with Gasteiger partial charge in [0.25, 0.3) is 0 Å². The first-order valence-electron chi connectivity index (χ1n) is 3.72. The van der Waals surface area contributed by atoms with E-state index < -0.39 is 7.89 Å². The van der Waals surface area contributed by atoms with Gasteiger partial charge >= 0.3 is 0 Å². The van der Waals surface area contributed by atoms with Gasteiger partial charge in [-0.2, -0.15) is 0 Å². The van der Waals surface area contributed by atoms with Gasteiger partial charge in [0.2, 0.25) is 0 Å². The molecule has 0 aliphatic heterocycles. The van der Waals surface area contributed by atoms with Gasteiger partial charge in [-0.05, 0) is 14.8 Å². The van der Waals surface area contributed by atoms with E-state index in [1.54, 1.807) is 14.2 Å². The van der Waals surface area contributed by atoms with Gasteiger partial charge in [0.05, 0.1) is 7.89 Å². The Morgan fingerprint density at radius 3 is 1.45 bits per heavy atom. The predicted octanol–water partition coefficient (Wildman–Crippen LogP) is 1.49. The van der Waals surface area contributed by atoms with Crippen LogP contribution in [0.15, 0.2) is 0 Å². The molecule has 2 nitrogen and oxygen atoms in total. The molecule has 0 aliphatic rings. The second kappa shape index (κ2) is 4.40. The van der Waals surface area contributed by atoms with Gasteiger partial charge in [-0.25, -0.2) is 0 Å². The van der Waals surface area contributed by atoms with Crippen LogP contribution in [0.5, 0.6) is 0 Å². The van der Waals surface area contributed by atoms with Crippen molar-refractivity contribution in [3.8, 4) is 0 Å². The van der Waals surface area contributed by atoms with E-state index in [4.69, 9.17) is 9.47 Å². The fourth-order valence-corrected chi connectivity index (χ4v) is 5.70. The maximum atomic E-state index is 5.36. The molecule has 0 saturated heterocycles. The Morgan fingerprint density at radius 2 is 1.36 bits per heavy atom. The zero-order valence-corrected chi connectivity index (χ0v) is 10.3. The van der Waals surface area contributed by atoms with Gasteiger partial charge in [-0.1, -0.05) is 19.6 Å². The normalized spacial score (nSPS) is 11.5. The summed E-state index contributed by atoms with van der Waals surface area (Å²) in [5, 5.41) is 0. The lowest BCUT2D eigenvalue weighted by atomic mass is 10.7. The van der Waals surface area contributed by atoms with Gasteiger partial charge < -0.3 is 9.47 Å². The molecule has 0 rings (SSSR count). The topological polar surface area (TPSA) is 18.5 Å². The van der Waals surface area contributed by atoms with Crippen LogP contribution in [-0.4, -0.2) is 35.4 Å². The molecular weight excluding hydrogens is 172 g/mol. The summed E-state index contributed by atoms with van der Waals surface area (Å²) in [7, 11) is 2.72. The zero-order chi connectivity index (χ0) is 9.07. The van der Waals surface area contributed by atoms with E-state index >= 15 is 0 Å². The lowest BCUT2D eigenvalue weighted by molar-refractivity contribution is -0.131. The maximum Gasteiger partial charge on any atom is 0.158 e. The van der Waals surface area contributed by atoms with Crippen LogP contribution in [0, 0.1) is 0 Å². The summed E-state index contributed by atoms with van der Waals surface area (Å²) in [5.74, 6) is 0. The zero-order valence-electron chi connectivity index (χ0n) is 8.32. The summed E-state index contributed by atoms with van der Waals surface area (Å²) in [6, 6.07) is 0. The fraction of sp³-hybridized carbons (Fsp3) is 1.00. The number of ether oxygens (including phenoxy) is 2. The van der Waals surface area contributed by atoms with Gasteiger partial charge in [0.15, 0.2) is 5.41 Å². The van der Waals surface area contributed by atoms with Crippen molar-refractivity contribution in [2.45, 2.75) is 32.0 Å². The molecule has 0 heterocycles. The summed E-state index contributed by atoms with van der Waals surface area (Å²) in [6.07, 6.45) is 0. The number of rotatable bonds is 3. The molecule has 0 bridgehead atoms. The Kier molecular flexibility index (Phi) is 4.54. The van der Waals surface area contributed by atoms with Crippen molar-refractivity contribution in [1.82, 2.24) is 0 Å². The summed E-state index contributed by atoms with van der Waals surface area (Å²) < 4.78 is 10.7. The Hall–Kier alpha value is 0.354. The molecule has 66 valence electrons. The Balaban J connectivity index is 4.64. The van der Waals surface area contributed by atoms with Crippen molar-refractivity contribution in [2.75, 3.05) is 14.2 Å². The molecule has 0 aromatic rings. The van der Waals surface area contributed by atoms with Crippen LogP contribution in [0.25, 0.3) is 0 Å². The minimum absolute atomic E-state index is 0.241. The highest BCUT2D eigenvalue weighted by molar-refractivity contribution is 6.95. The first kappa shape index (κ1) is 11.4. The lowest BCUT2D eigenvalue weighted by Crippen LogP contribution is -2.42. The summed E-state index contributed by atoms with van der Waals surface area (Å²) in [6.45, 7) is 8.95. The monoisotopic (exact) mass is 190 g/mol. The van der Waals surface area contributed by atoms with E-state index in [9.17, 15) is 0 Å². The number of hydrogen-bond acceptors (Lipinski definition) is 2. The molecule has 11 heavy (non-hydrogen) atoms. The molecule has 0 atom stereocenters. The van der Waals surface area contributed by atoms with E-state index in [1.807, 2.05) is 6.92 Å². The lowest BCUT2D eigenvalue weighted by Gasteiger charge is -2.28. The highest BCUT2D eigenvalue weighted by Crippen LogP contribution is 2.10. The largest absolute Gasteiger partial charge is 0.354 e. The standard InChI is InChI=1S/C7H18O2Si2/c1-7(8-2,9-3)11(6)10(4)5/h1-6H3. The average molecular weight is 190 g/mol. The van der Waals surface area contributed by atoms with Crippen LogP contribution >= 0.6 is 0 Å². The second-order valence-corrected chi connectivity index (χ2v) is 12.4. The van der Waals surface area contributed by atoms with Gasteiger partial charge in [-0.15, -0.1) is 0 Å². The first-order valence-corrected chi connectivity index (χ1v) is 9.22. The highest BCUT2D eigenvalue weighted by atomic mass is 28.9. The summed E-state index contributed by atoms with van der Waals surface area (Å²) in [4.78, 5) is 0. The number of hydrogen-bond donors (Lipinski definition) is 0. The summed E-state index contributed by atoms with van der Waals surface area (Å²) in [5.41, 5.74) is -0.289. The Bertz CT molecular complexity index is 158. The third kappa shape index (κ3) is 2.70. The van der Waals surface area contributed by atoms with Crippen LogP contribution in [0.1, 0.15) is 6.92 Å². The molecule has 0 aliphatic carbocycles. The van der Waals surface area contributed by atoms with Crippen LogP contribution in [0.3, 0.4) is 0 Å². The van der Waals surface area contributed by atoms with Crippen molar-refractivity contribution in [3.63, 3.8) is 0 Å². The third-order valence-electron chi connectivity index (χ3n) is 2.21. The van der Waals surface area contributed by atoms with Gasteiger partial charge in [0.1, 0.15) is 0 Å². The molecule has 0 spiro atoms. The molecule has 0 radical (unpaired) electrons. The Labute approximate surface area is 72.1 Å². The summed E-state index contributed by atoms with van der Waals surface area (Å²) >= 11 is 0. The van der Waals surface area contributed by atoms with Crippen molar-refractivity contribution >= 4 is 15.8 Å². The van der Waals surface area contributed by atoms with Crippen LogP contribution in [0.4, 0.5) is 0 Å². The van der Waals surface area contributed by atoms with Crippen molar-refractivity contribution in [1.29, 1.82) is 0 Å². The van der Waals surface area contributed by atoms with E-state index in [0.717, 1.165) is 0 Å². The van der Waals surface area contributed by atoms with Gasteiger partial charge in [0, 0.05) is 14.2 Å². The van der Waals surface area contributed by atoms with Crippen molar-refractivity contribution in [2.24, 2.45) is 0 Å². The molecule has 0 aromatic carbocycles. The SMILES string of the molecule is COC(C)(OC)[Si](C)=[Si](C)C. The average Bonchev–Trinajstić information content (AvgIpc) is 2.01. The molecular formula is C7H18O2Si2. The molecule has 4 heteroatoms. The third-order valence-corrected chi connectivity index (χ3v) is 11.3. The van der Waals surface area contributed by atoms with Gasteiger partial charge in [-0.3, -0.25) is 0 Å². The molecule has 0 amide bonds. The highest BCUT2D eigenvalue weighted by Gasteiger charge is 2.25. The minimum atomic E-state index is -0.488. The van der Waals surface area contributed by atoms with Crippen molar-refractivity contribution < 1.29 is 9.47 Å². The molecule has 0 fully saturated rings. The maximum absolute atomic E-state index is 5.36. The van der Waals surface area contributed by atoms with Crippen LogP contribution in [-0.2, 0) is 9.47 Å². The smallest absolute Gasteiger partial charge is 0.158 e. The van der Waals surface area contributed by atoms with Crippen LogP contribution in [0.2, 0.25) is 19.6 Å². The number of methoxy groups -OCH3 is 2. The molecule has 0 N–H and O–H groups in total.